The van der Waals surface area contributed by atoms with Crippen molar-refractivity contribution in [2.45, 2.75) is 6.23 Å². The molecule has 1 unspecified atom stereocenters. The molecule has 0 saturated carbocycles. The second-order valence-electron chi connectivity index (χ2n) is 3.64. The molecule has 0 spiro atoms. The molecule has 0 bridgehead atoms. The van der Waals surface area contributed by atoms with Crippen LogP contribution < -0.4 is 0 Å². The van der Waals surface area contributed by atoms with Gasteiger partial charge in [0.15, 0.2) is 6.23 Å². The van der Waals surface area contributed by atoms with Gasteiger partial charge in [0.2, 0.25) is 0 Å². The van der Waals surface area contributed by atoms with E-state index >= 15 is 0 Å². The van der Waals surface area contributed by atoms with Gasteiger partial charge in [-0.15, -0.1) is 0 Å². The summed E-state index contributed by atoms with van der Waals surface area (Å²) in [5.74, 6) is 5.18. The largest absolute Gasteiger partial charge is 0.368 e. The summed E-state index contributed by atoms with van der Waals surface area (Å²) in [6.07, 6.45) is -1.20. The van der Waals surface area contributed by atoms with E-state index in [9.17, 15) is 9.90 Å². The second kappa shape index (κ2) is 5.45. The first-order valence-electron chi connectivity index (χ1n) is 5.19. The minimum atomic E-state index is -1.20. The number of carbonyl (C=O) groups excluding carboxylic acids is 1. The normalized spacial score (nSPS) is 18.9. The van der Waals surface area contributed by atoms with Gasteiger partial charge in [-0.25, -0.2) is 0 Å². The highest BCUT2D eigenvalue weighted by Crippen LogP contribution is 2.29. The summed E-state index contributed by atoms with van der Waals surface area (Å²) in [6, 6.07) is 9.34. The first-order chi connectivity index (χ1) is 8.61. The third-order valence-corrected chi connectivity index (χ3v) is 3.28. The van der Waals surface area contributed by atoms with Crippen molar-refractivity contribution in [3.8, 4) is 11.8 Å². The molecule has 0 fully saturated rings. The molecule has 18 heavy (non-hydrogen) atoms. The number of carbonyl (C=O) groups is 1. The maximum absolute atomic E-state index is 11.6. The van der Waals surface area contributed by atoms with Gasteiger partial charge in [-0.3, -0.25) is 9.69 Å². The molecular formula is C13H9Cl2NO2. The van der Waals surface area contributed by atoms with E-state index < -0.39 is 12.1 Å². The fourth-order valence-corrected chi connectivity index (χ4v) is 1.90. The van der Waals surface area contributed by atoms with Crippen LogP contribution in [-0.2, 0) is 4.79 Å². The summed E-state index contributed by atoms with van der Waals surface area (Å²) in [5, 5.41) is 9.46. The van der Waals surface area contributed by atoms with E-state index in [1.165, 1.54) is 0 Å². The van der Waals surface area contributed by atoms with Crippen LogP contribution in [0.3, 0.4) is 0 Å². The first kappa shape index (κ1) is 13.0. The lowest BCUT2D eigenvalue weighted by atomic mass is 10.2. The Balaban J connectivity index is 2.05. The molecule has 92 valence electrons. The topological polar surface area (TPSA) is 40.5 Å². The predicted octanol–water partition coefficient (Wildman–Crippen LogP) is 1.89. The summed E-state index contributed by atoms with van der Waals surface area (Å²) >= 11 is 11.3. The zero-order chi connectivity index (χ0) is 13.1. The molecule has 1 aliphatic rings. The molecule has 1 N–H and O–H groups in total. The van der Waals surface area contributed by atoms with E-state index in [1.54, 1.807) is 0 Å². The molecule has 1 heterocycles. The molecule has 2 rings (SSSR count). The average molecular weight is 282 g/mol. The van der Waals surface area contributed by atoms with Crippen molar-refractivity contribution in [3.05, 3.63) is 46.0 Å². The third-order valence-electron chi connectivity index (χ3n) is 2.44. The highest BCUT2D eigenvalue weighted by Gasteiger charge is 2.35. The highest BCUT2D eigenvalue weighted by molar-refractivity contribution is 6.49. The van der Waals surface area contributed by atoms with Gasteiger partial charge in [-0.2, -0.15) is 0 Å². The Hall–Kier alpha value is -1.47. The molecule has 0 aromatic heterocycles. The minimum Gasteiger partial charge on any atom is -0.368 e. The van der Waals surface area contributed by atoms with Crippen molar-refractivity contribution >= 4 is 29.1 Å². The Morgan fingerprint density at radius 1 is 1.28 bits per heavy atom. The molecule has 3 nitrogen and oxygen atoms in total. The van der Waals surface area contributed by atoms with Gasteiger partial charge in [-0.1, -0.05) is 53.2 Å². The number of hydrogen-bond donors (Lipinski definition) is 1. The number of nitrogens with zero attached hydrogens (tertiary/aromatic N) is 1. The molecule has 1 aromatic rings. The SMILES string of the molecule is O=C1C(Cl)=C(Cl)C(O)N1CC#Cc1ccccc1. The molecule has 1 aliphatic heterocycles. The van der Waals surface area contributed by atoms with Gasteiger partial charge >= 0.3 is 0 Å². The van der Waals surface area contributed by atoms with Crippen LogP contribution in [0.15, 0.2) is 40.4 Å². The van der Waals surface area contributed by atoms with Crippen LogP contribution in [0.25, 0.3) is 0 Å². The molecule has 5 heteroatoms. The smallest absolute Gasteiger partial charge is 0.269 e. The van der Waals surface area contributed by atoms with Gasteiger partial charge in [0.05, 0.1) is 11.6 Å². The maximum Gasteiger partial charge on any atom is 0.269 e. The summed E-state index contributed by atoms with van der Waals surface area (Å²) in [7, 11) is 0. The molecule has 0 saturated heterocycles. The second-order valence-corrected chi connectivity index (χ2v) is 4.42. The summed E-state index contributed by atoms with van der Waals surface area (Å²) in [6.45, 7) is 0.0708. The van der Waals surface area contributed by atoms with Crippen LogP contribution in [0, 0.1) is 11.8 Å². The fraction of sp³-hybridized carbons (Fsp3) is 0.154. The Morgan fingerprint density at radius 3 is 2.50 bits per heavy atom. The van der Waals surface area contributed by atoms with Crippen molar-refractivity contribution in [2.24, 2.45) is 0 Å². The summed E-state index contributed by atoms with van der Waals surface area (Å²) in [5.41, 5.74) is 0.837. The average Bonchev–Trinajstić information content (AvgIpc) is 2.57. The van der Waals surface area contributed by atoms with E-state index in [0.717, 1.165) is 10.5 Å². The van der Waals surface area contributed by atoms with Crippen LogP contribution in [0.2, 0.25) is 0 Å². The highest BCUT2D eigenvalue weighted by atomic mass is 35.5. The lowest BCUT2D eigenvalue weighted by Crippen LogP contribution is -2.35. The molecule has 1 amide bonds. The Labute approximate surface area is 115 Å². The summed E-state index contributed by atoms with van der Waals surface area (Å²) < 4.78 is 0. The van der Waals surface area contributed by atoms with Gasteiger partial charge in [0, 0.05) is 5.56 Å². The molecule has 1 atom stereocenters. The Kier molecular flexibility index (Phi) is 3.93. The lowest BCUT2D eigenvalue weighted by Gasteiger charge is -2.17. The van der Waals surface area contributed by atoms with Gasteiger partial charge in [0.1, 0.15) is 5.03 Å². The minimum absolute atomic E-state index is 0.0526. The standard InChI is InChI=1S/C13H9Cl2NO2/c14-10-11(15)13(18)16(12(10)17)8-4-7-9-5-2-1-3-6-9/h1-3,5-6,12,17H,8H2. The number of amides is 1. The van der Waals surface area contributed by atoms with Crippen LogP contribution in [0.1, 0.15) is 5.56 Å². The third kappa shape index (κ3) is 2.51. The van der Waals surface area contributed by atoms with Gasteiger partial charge in [-0.05, 0) is 12.1 Å². The zero-order valence-corrected chi connectivity index (χ0v) is 10.7. The van der Waals surface area contributed by atoms with Crippen LogP contribution in [-0.4, -0.2) is 28.7 Å². The monoisotopic (exact) mass is 281 g/mol. The number of halogens is 2. The molecule has 0 aliphatic carbocycles. The molecule has 0 radical (unpaired) electrons. The lowest BCUT2D eigenvalue weighted by molar-refractivity contribution is -0.130. The quantitative estimate of drug-likeness (QED) is 0.799. The van der Waals surface area contributed by atoms with Crippen LogP contribution in [0.4, 0.5) is 0 Å². The maximum atomic E-state index is 11.6. The van der Waals surface area contributed by atoms with Crippen molar-refractivity contribution in [1.82, 2.24) is 4.90 Å². The van der Waals surface area contributed by atoms with Crippen LogP contribution in [0.5, 0.6) is 0 Å². The number of benzene rings is 1. The van der Waals surface area contributed by atoms with Crippen LogP contribution >= 0.6 is 23.2 Å². The van der Waals surface area contributed by atoms with E-state index in [1.807, 2.05) is 30.3 Å². The van der Waals surface area contributed by atoms with Gasteiger partial charge < -0.3 is 5.11 Å². The molecule has 1 aromatic carbocycles. The van der Waals surface area contributed by atoms with Crippen molar-refractivity contribution < 1.29 is 9.90 Å². The number of rotatable bonds is 1. The van der Waals surface area contributed by atoms with E-state index in [-0.39, 0.29) is 16.6 Å². The molecular weight excluding hydrogens is 273 g/mol. The van der Waals surface area contributed by atoms with Gasteiger partial charge in [0.25, 0.3) is 5.91 Å². The Morgan fingerprint density at radius 2 is 1.94 bits per heavy atom. The van der Waals surface area contributed by atoms with E-state index in [4.69, 9.17) is 23.2 Å². The fourth-order valence-electron chi connectivity index (χ4n) is 1.50. The van der Waals surface area contributed by atoms with Crippen molar-refractivity contribution in [1.29, 1.82) is 0 Å². The van der Waals surface area contributed by atoms with Crippen molar-refractivity contribution in [3.63, 3.8) is 0 Å². The Bertz CT molecular complexity index is 557. The number of aliphatic hydroxyl groups is 1. The zero-order valence-electron chi connectivity index (χ0n) is 9.23. The summed E-state index contributed by atoms with van der Waals surface area (Å²) in [4.78, 5) is 12.7. The van der Waals surface area contributed by atoms with E-state index in [0.29, 0.717) is 0 Å². The first-order valence-corrected chi connectivity index (χ1v) is 5.95. The van der Waals surface area contributed by atoms with E-state index in [2.05, 4.69) is 11.8 Å². The number of hydrogen-bond acceptors (Lipinski definition) is 2. The number of aliphatic hydroxyl groups excluding tert-OH is 1. The van der Waals surface area contributed by atoms with Crippen molar-refractivity contribution in [2.75, 3.05) is 6.54 Å². The predicted molar refractivity (Wildman–Crippen MR) is 69.8 cm³/mol.